The minimum atomic E-state index is -0.419. The van der Waals surface area contributed by atoms with Crippen LogP contribution in [0, 0.1) is 10.1 Å². The topological polar surface area (TPSA) is 90.8 Å². The highest BCUT2D eigenvalue weighted by atomic mass is 32.2. The molecular formula is C11H15N3O3S. The lowest BCUT2D eigenvalue weighted by atomic mass is 10.2. The number of aliphatic imine (C=N–C) groups is 1. The molecule has 0 unspecified atom stereocenters. The zero-order valence-corrected chi connectivity index (χ0v) is 10.9. The molecule has 0 heterocycles. The number of nitro groups is 1. The molecular weight excluding hydrogens is 254 g/mol. The Balaban J connectivity index is 2.43. The van der Waals surface area contributed by atoms with Crippen LogP contribution in [0.25, 0.3) is 0 Å². The van der Waals surface area contributed by atoms with Crippen LogP contribution < -0.4 is 5.73 Å². The van der Waals surface area contributed by atoms with E-state index in [9.17, 15) is 10.1 Å². The Morgan fingerprint density at radius 1 is 1.50 bits per heavy atom. The highest BCUT2D eigenvalue weighted by Crippen LogP contribution is 2.16. The van der Waals surface area contributed by atoms with E-state index in [0.717, 1.165) is 5.56 Å². The average molecular weight is 269 g/mol. The second-order valence-electron chi connectivity index (χ2n) is 3.42. The number of methoxy groups -OCH3 is 1. The van der Waals surface area contributed by atoms with Gasteiger partial charge in [-0.1, -0.05) is 23.9 Å². The summed E-state index contributed by atoms with van der Waals surface area (Å²) in [5.41, 5.74) is 6.75. The fourth-order valence-corrected chi connectivity index (χ4v) is 1.85. The number of hydrogen-bond acceptors (Lipinski definition) is 5. The van der Waals surface area contributed by atoms with Gasteiger partial charge < -0.3 is 10.5 Å². The van der Waals surface area contributed by atoms with Crippen LogP contribution in [0.2, 0.25) is 0 Å². The molecule has 0 saturated carbocycles. The lowest BCUT2D eigenvalue weighted by molar-refractivity contribution is -0.384. The van der Waals surface area contributed by atoms with Crippen molar-refractivity contribution in [3.05, 3.63) is 39.9 Å². The van der Waals surface area contributed by atoms with Gasteiger partial charge in [0, 0.05) is 25.0 Å². The maximum atomic E-state index is 10.5. The smallest absolute Gasteiger partial charge is 0.269 e. The molecule has 0 aromatic heterocycles. The van der Waals surface area contributed by atoms with Crippen LogP contribution in [0.3, 0.4) is 0 Å². The normalized spacial score (nSPS) is 11.5. The van der Waals surface area contributed by atoms with Crippen molar-refractivity contribution >= 4 is 22.6 Å². The van der Waals surface area contributed by atoms with E-state index in [-0.39, 0.29) is 5.69 Å². The molecule has 0 bridgehead atoms. The molecule has 0 aliphatic rings. The Labute approximate surface area is 109 Å². The number of non-ortho nitro benzene ring substituents is 1. The van der Waals surface area contributed by atoms with Gasteiger partial charge in [-0.05, 0) is 5.56 Å². The monoisotopic (exact) mass is 269 g/mol. The van der Waals surface area contributed by atoms with E-state index in [4.69, 9.17) is 10.5 Å². The number of ether oxygens (including phenoxy) is 1. The number of rotatable bonds is 6. The number of nitrogens with zero attached hydrogens (tertiary/aromatic N) is 2. The fourth-order valence-electron chi connectivity index (χ4n) is 1.16. The number of thioether (sulfide) groups is 1. The molecule has 18 heavy (non-hydrogen) atoms. The van der Waals surface area contributed by atoms with Gasteiger partial charge in [0.15, 0.2) is 5.17 Å². The third-order valence-corrected chi connectivity index (χ3v) is 3.00. The van der Waals surface area contributed by atoms with Gasteiger partial charge in [-0.15, -0.1) is 0 Å². The minimum Gasteiger partial charge on any atom is -0.383 e. The molecule has 7 heteroatoms. The minimum absolute atomic E-state index is 0.0884. The standard InChI is InChI=1S/C11H15N3O3S/c1-17-7-6-13-11(12)18-8-9-2-4-10(5-3-9)14(15)16/h2-5H,6-8H2,1H3,(H2,12,13). The summed E-state index contributed by atoms with van der Waals surface area (Å²) in [5, 5.41) is 11.0. The third-order valence-electron chi connectivity index (χ3n) is 2.10. The first-order chi connectivity index (χ1) is 8.63. The Bertz CT molecular complexity index is 420. The molecule has 98 valence electrons. The van der Waals surface area contributed by atoms with Gasteiger partial charge in [-0.25, -0.2) is 0 Å². The number of nitro benzene ring substituents is 1. The molecule has 0 aliphatic carbocycles. The van der Waals surface area contributed by atoms with Gasteiger partial charge in [0.25, 0.3) is 5.69 Å². The summed E-state index contributed by atoms with van der Waals surface area (Å²) in [4.78, 5) is 14.2. The quantitative estimate of drug-likeness (QED) is 0.279. The van der Waals surface area contributed by atoms with E-state index in [2.05, 4.69) is 4.99 Å². The van der Waals surface area contributed by atoms with Crippen LogP contribution in [0.5, 0.6) is 0 Å². The van der Waals surface area contributed by atoms with E-state index < -0.39 is 4.92 Å². The van der Waals surface area contributed by atoms with E-state index in [0.29, 0.717) is 24.1 Å². The van der Waals surface area contributed by atoms with Crippen LogP contribution >= 0.6 is 11.8 Å². The van der Waals surface area contributed by atoms with Crippen molar-refractivity contribution in [2.75, 3.05) is 20.3 Å². The Kier molecular flexibility index (Phi) is 6.16. The molecule has 0 fully saturated rings. The van der Waals surface area contributed by atoms with Crippen molar-refractivity contribution in [3.63, 3.8) is 0 Å². The second-order valence-corrected chi connectivity index (χ2v) is 4.42. The van der Waals surface area contributed by atoms with Crippen LogP contribution in [0.1, 0.15) is 5.56 Å². The number of hydrogen-bond donors (Lipinski definition) is 1. The first-order valence-corrected chi connectivity index (χ1v) is 6.27. The van der Waals surface area contributed by atoms with Crippen molar-refractivity contribution < 1.29 is 9.66 Å². The van der Waals surface area contributed by atoms with Crippen molar-refractivity contribution in [3.8, 4) is 0 Å². The average Bonchev–Trinajstić information content (AvgIpc) is 2.37. The molecule has 0 spiro atoms. The van der Waals surface area contributed by atoms with E-state index in [1.165, 1.54) is 23.9 Å². The van der Waals surface area contributed by atoms with Crippen LogP contribution in [0.4, 0.5) is 5.69 Å². The lowest BCUT2D eigenvalue weighted by Gasteiger charge is -2.01. The zero-order chi connectivity index (χ0) is 13.4. The first kappa shape index (κ1) is 14.5. The molecule has 0 saturated heterocycles. The Morgan fingerprint density at radius 2 is 2.17 bits per heavy atom. The van der Waals surface area contributed by atoms with Gasteiger partial charge in [-0.3, -0.25) is 15.1 Å². The van der Waals surface area contributed by atoms with E-state index in [1.54, 1.807) is 19.2 Å². The van der Waals surface area contributed by atoms with E-state index in [1.807, 2.05) is 0 Å². The van der Waals surface area contributed by atoms with Crippen molar-refractivity contribution in [1.29, 1.82) is 0 Å². The Morgan fingerprint density at radius 3 is 2.72 bits per heavy atom. The number of nitrogens with two attached hydrogens (primary N) is 1. The lowest BCUT2D eigenvalue weighted by Crippen LogP contribution is -2.09. The van der Waals surface area contributed by atoms with Gasteiger partial charge >= 0.3 is 0 Å². The largest absolute Gasteiger partial charge is 0.383 e. The summed E-state index contributed by atoms with van der Waals surface area (Å²) in [6, 6.07) is 6.39. The molecule has 1 aromatic carbocycles. The molecule has 0 amide bonds. The van der Waals surface area contributed by atoms with Crippen LogP contribution in [0.15, 0.2) is 29.3 Å². The highest BCUT2D eigenvalue weighted by Gasteiger charge is 2.04. The number of benzene rings is 1. The van der Waals surface area contributed by atoms with Gasteiger partial charge in [-0.2, -0.15) is 0 Å². The fraction of sp³-hybridized carbons (Fsp3) is 0.364. The predicted octanol–water partition coefficient (Wildman–Crippen LogP) is 1.79. The number of amidine groups is 1. The summed E-state index contributed by atoms with van der Waals surface area (Å²) in [5.74, 6) is 0.639. The Hall–Kier alpha value is -1.60. The van der Waals surface area contributed by atoms with Gasteiger partial charge in [0.2, 0.25) is 0 Å². The molecule has 0 atom stereocenters. The molecule has 6 nitrogen and oxygen atoms in total. The van der Waals surface area contributed by atoms with Crippen molar-refractivity contribution in [1.82, 2.24) is 0 Å². The van der Waals surface area contributed by atoms with E-state index >= 15 is 0 Å². The summed E-state index contributed by atoms with van der Waals surface area (Å²) in [6.45, 7) is 1.08. The maximum absolute atomic E-state index is 10.5. The van der Waals surface area contributed by atoms with Crippen molar-refractivity contribution in [2.45, 2.75) is 5.75 Å². The maximum Gasteiger partial charge on any atom is 0.269 e. The van der Waals surface area contributed by atoms with Gasteiger partial charge in [0.05, 0.1) is 18.1 Å². The summed E-state index contributed by atoms with van der Waals surface area (Å²) in [6.07, 6.45) is 0. The summed E-state index contributed by atoms with van der Waals surface area (Å²) < 4.78 is 4.85. The summed E-state index contributed by atoms with van der Waals surface area (Å²) in [7, 11) is 1.61. The molecule has 0 radical (unpaired) electrons. The van der Waals surface area contributed by atoms with Crippen molar-refractivity contribution in [2.24, 2.45) is 10.7 Å². The third kappa shape index (κ3) is 5.15. The second kappa shape index (κ2) is 7.67. The van der Waals surface area contributed by atoms with Crippen LogP contribution in [-0.4, -0.2) is 30.4 Å². The molecule has 1 rings (SSSR count). The highest BCUT2D eigenvalue weighted by molar-refractivity contribution is 8.13. The summed E-state index contributed by atoms with van der Waals surface area (Å²) >= 11 is 1.40. The molecule has 0 aliphatic heterocycles. The van der Waals surface area contributed by atoms with Gasteiger partial charge in [0.1, 0.15) is 0 Å². The SMILES string of the molecule is COCCN=C(N)SCc1ccc([N+](=O)[O-])cc1. The van der Waals surface area contributed by atoms with Crippen LogP contribution in [-0.2, 0) is 10.5 Å². The zero-order valence-electron chi connectivity index (χ0n) is 10.0. The predicted molar refractivity (Wildman–Crippen MR) is 72.8 cm³/mol. The first-order valence-electron chi connectivity index (χ1n) is 5.28. The molecule has 1 aromatic rings. The molecule has 2 N–H and O–H groups in total.